The van der Waals surface area contributed by atoms with Crippen molar-refractivity contribution in [1.29, 1.82) is 0 Å². The highest BCUT2D eigenvalue weighted by molar-refractivity contribution is 9.12. The van der Waals surface area contributed by atoms with Crippen molar-refractivity contribution in [3.8, 4) is 11.5 Å². The molecule has 0 bridgehead atoms. The van der Waals surface area contributed by atoms with E-state index in [9.17, 15) is 9.59 Å². The maximum atomic E-state index is 12.5. The zero-order chi connectivity index (χ0) is 16.8. The largest absolute Gasteiger partial charge is 0.497 e. The predicted octanol–water partition coefficient (Wildman–Crippen LogP) is 4.24. The van der Waals surface area contributed by atoms with Crippen molar-refractivity contribution in [3.63, 3.8) is 0 Å². The van der Waals surface area contributed by atoms with E-state index < -0.39 is 5.97 Å². The number of hydrogen-bond acceptors (Lipinski definition) is 4. The lowest BCUT2D eigenvalue weighted by Crippen LogP contribution is -2.07. The van der Waals surface area contributed by atoms with E-state index in [0.29, 0.717) is 10.0 Å². The van der Waals surface area contributed by atoms with Gasteiger partial charge in [-0.25, -0.2) is 0 Å². The van der Waals surface area contributed by atoms with Crippen LogP contribution < -0.4 is 9.47 Å². The standard InChI is InChI=1S/C18H15BrO4/c1-12(20)23-17-6-4-3-5-15(17)18(21)16(19)11-13-7-9-14(22-2)10-8-13/h3-11H,1-2H3/b16-11-. The van der Waals surface area contributed by atoms with Crippen LogP contribution in [0.4, 0.5) is 0 Å². The van der Waals surface area contributed by atoms with Crippen LogP contribution in [-0.4, -0.2) is 18.9 Å². The van der Waals surface area contributed by atoms with Crippen molar-refractivity contribution in [1.82, 2.24) is 0 Å². The van der Waals surface area contributed by atoms with Crippen LogP contribution in [0, 0.1) is 0 Å². The predicted molar refractivity (Wildman–Crippen MR) is 92.0 cm³/mol. The summed E-state index contributed by atoms with van der Waals surface area (Å²) in [6.45, 7) is 1.30. The normalized spacial score (nSPS) is 11.0. The molecule has 2 aromatic carbocycles. The number of hydrogen-bond donors (Lipinski definition) is 0. The summed E-state index contributed by atoms with van der Waals surface area (Å²) in [6.07, 6.45) is 1.70. The molecule has 0 spiro atoms. The minimum absolute atomic E-state index is 0.241. The average molecular weight is 375 g/mol. The number of Topliss-reactive ketones (excluding diaryl/α,β-unsaturated/α-hetero) is 1. The van der Waals surface area contributed by atoms with Crippen LogP contribution >= 0.6 is 15.9 Å². The summed E-state index contributed by atoms with van der Waals surface area (Å²) in [6, 6.07) is 13.9. The smallest absolute Gasteiger partial charge is 0.308 e. The van der Waals surface area contributed by atoms with Crippen LogP contribution in [0.5, 0.6) is 11.5 Å². The first kappa shape index (κ1) is 17.0. The third-order valence-corrected chi connectivity index (χ3v) is 3.60. The molecule has 0 radical (unpaired) electrons. The molecule has 0 unspecified atom stereocenters. The maximum Gasteiger partial charge on any atom is 0.308 e. The fourth-order valence-electron chi connectivity index (χ4n) is 1.94. The van der Waals surface area contributed by atoms with Crippen molar-refractivity contribution in [3.05, 3.63) is 64.1 Å². The molecule has 4 nitrogen and oxygen atoms in total. The minimum atomic E-state index is -0.472. The highest BCUT2D eigenvalue weighted by Crippen LogP contribution is 2.25. The molecule has 2 aromatic rings. The van der Waals surface area contributed by atoms with Gasteiger partial charge in [0.15, 0.2) is 0 Å². The Bertz CT molecular complexity index is 748. The summed E-state index contributed by atoms with van der Waals surface area (Å²) in [7, 11) is 1.59. The second kappa shape index (κ2) is 7.74. The zero-order valence-corrected chi connectivity index (χ0v) is 14.3. The van der Waals surface area contributed by atoms with E-state index in [1.807, 2.05) is 24.3 Å². The number of rotatable bonds is 5. The second-order valence-corrected chi connectivity index (χ2v) is 5.54. The van der Waals surface area contributed by atoms with E-state index in [0.717, 1.165) is 11.3 Å². The summed E-state index contributed by atoms with van der Waals surface area (Å²) in [5, 5.41) is 0. The lowest BCUT2D eigenvalue weighted by Gasteiger charge is -2.07. The molecule has 0 fully saturated rings. The van der Waals surface area contributed by atoms with Crippen molar-refractivity contribution >= 4 is 33.8 Å². The van der Waals surface area contributed by atoms with E-state index in [-0.39, 0.29) is 11.5 Å². The number of methoxy groups -OCH3 is 1. The lowest BCUT2D eigenvalue weighted by atomic mass is 10.1. The van der Waals surface area contributed by atoms with Gasteiger partial charge in [0.05, 0.1) is 17.2 Å². The van der Waals surface area contributed by atoms with Gasteiger partial charge in [0.1, 0.15) is 11.5 Å². The third kappa shape index (κ3) is 4.53. The summed E-state index contributed by atoms with van der Waals surface area (Å²) in [4.78, 5) is 23.7. The third-order valence-electron chi connectivity index (χ3n) is 3.01. The maximum absolute atomic E-state index is 12.5. The molecular weight excluding hydrogens is 360 g/mol. The zero-order valence-electron chi connectivity index (χ0n) is 12.7. The Hall–Kier alpha value is -2.40. The van der Waals surface area contributed by atoms with Gasteiger partial charge in [0, 0.05) is 6.92 Å². The van der Waals surface area contributed by atoms with E-state index in [4.69, 9.17) is 9.47 Å². The number of benzene rings is 2. The van der Waals surface area contributed by atoms with Gasteiger partial charge in [0.25, 0.3) is 0 Å². The van der Waals surface area contributed by atoms with Gasteiger partial charge in [-0.3, -0.25) is 9.59 Å². The molecular formula is C18H15BrO4. The summed E-state index contributed by atoms with van der Waals surface area (Å²) < 4.78 is 10.5. The number of carbonyl (C=O) groups is 2. The topological polar surface area (TPSA) is 52.6 Å². The minimum Gasteiger partial charge on any atom is -0.497 e. The molecule has 0 N–H and O–H groups in total. The van der Waals surface area contributed by atoms with Crippen LogP contribution in [0.1, 0.15) is 22.8 Å². The van der Waals surface area contributed by atoms with Crippen LogP contribution in [0.3, 0.4) is 0 Å². The van der Waals surface area contributed by atoms with Crippen molar-refractivity contribution in [2.45, 2.75) is 6.92 Å². The van der Waals surface area contributed by atoms with Crippen molar-refractivity contribution < 1.29 is 19.1 Å². The van der Waals surface area contributed by atoms with E-state index >= 15 is 0 Å². The Labute approximate surface area is 142 Å². The molecule has 0 saturated carbocycles. The lowest BCUT2D eigenvalue weighted by molar-refractivity contribution is -0.131. The van der Waals surface area contributed by atoms with Crippen LogP contribution in [0.2, 0.25) is 0 Å². The molecule has 23 heavy (non-hydrogen) atoms. The fourth-order valence-corrected chi connectivity index (χ4v) is 2.42. The van der Waals surface area contributed by atoms with Gasteiger partial charge in [-0.2, -0.15) is 0 Å². The van der Waals surface area contributed by atoms with E-state index in [1.54, 1.807) is 37.5 Å². The molecule has 0 amide bonds. The van der Waals surface area contributed by atoms with Gasteiger partial charge in [0.2, 0.25) is 5.78 Å². The number of ether oxygens (including phenoxy) is 2. The molecule has 0 atom stereocenters. The quantitative estimate of drug-likeness (QED) is 0.340. The number of allylic oxidation sites excluding steroid dienone is 1. The first-order valence-corrected chi connectivity index (χ1v) is 7.64. The summed E-state index contributed by atoms with van der Waals surface area (Å²) in [5.41, 5.74) is 1.16. The number of carbonyl (C=O) groups excluding carboxylic acids is 2. The average Bonchev–Trinajstić information content (AvgIpc) is 2.55. The molecule has 118 valence electrons. The van der Waals surface area contributed by atoms with Crippen molar-refractivity contribution in [2.24, 2.45) is 0 Å². The van der Waals surface area contributed by atoms with Gasteiger partial charge in [-0.15, -0.1) is 0 Å². The number of esters is 1. The Morgan fingerprint density at radius 1 is 1.04 bits per heavy atom. The number of para-hydroxylation sites is 1. The van der Waals surface area contributed by atoms with Crippen LogP contribution in [0.25, 0.3) is 6.08 Å². The Kier molecular flexibility index (Phi) is 5.71. The SMILES string of the molecule is COc1ccc(/C=C(\Br)C(=O)c2ccccc2OC(C)=O)cc1. The highest BCUT2D eigenvalue weighted by atomic mass is 79.9. The van der Waals surface area contributed by atoms with Gasteiger partial charge in [-0.1, -0.05) is 24.3 Å². The van der Waals surface area contributed by atoms with Crippen LogP contribution in [0.15, 0.2) is 53.0 Å². The molecule has 0 aliphatic heterocycles. The summed E-state index contributed by atoms with van der Waals surface area (Å²) >= 11 is 3.29. The van der Waals surface area contributed by atoms with Crippen LogP contribution in [-0.2, 0) is 4.79 Å². The molecule has 0 saturated heterocycles. The van der Waals surface area contributed by atoms with Gasteiger partial charge < -0.3 is 9.47 Å². The molecule has 2 rings (SSSR count). The Balaban J connectivity index is 2.28. The number of ketones is 1. The highest BCUT2D eigenvalue weighted by Gasteiger charge is 2.16. The monoisotopic (exact) mass is 374 g/mol. The molecule has 0 aliphatic rings. The Morgan fingerprint density at radius 3 is 2.30 bits per heavy atom. The summed E-state index contributed by atoms with van der Waals surface area (Å²) in [5.74, 6) is 0.244. The van der Waals surface area contributed by atoms with E-state index in [2.05, 4.69) is 15.9 Å². The van der Waals surface area contributed by atoms with E-state index in [1.165, 1.54) is 6.92 Å². The molecule has 0 aromatic heterocycles. The van der Waals surface area contributed by atoms with Crippen molar-refractivity contribution in [2.75, 3.05) is 7.11 Å². The number of halogens is 1. The van der Waals surface area contributed by atoms with Gasteiger partial charge >= 0.3 is 5.97 Å². The fraction of sp³-hybridized carbons (Fsp3) is 0.111. The van der Waals surface area contributed by atoms with Gasteiger partial charge in [-0.05, 0) is 51.8 Å². The Morgan fingerprint density at radius 2 is 1.70 bits per heavy atom. The first-order valence-electron chi connectivity index (χ1n) is 6.84. The molecule has 0 heterocycles. The molecule has 0 aliphatic carbocycles. The molecule has 5 heteroatoms. The first-order chi connectivity index (χ1) is 11.0. The second-order valence-electron chi connectivity index (χ2n) is 4.68.